The third-order valence-electron chi connectivity index (χ3n) is 3.72. The van der Waals surface area contributed by atoms with Crippen molar-refractivity contribution in [1.82, 2.24) is 4.73 Å². The number of hydrogen-bond acceptors (Lipinski definition) is 4. The van der Waals surface area contributed by atoms with E-state index in [9.17, 15) is 14.9 Å². The second kappa shape index (κ2) is 5.57. The van der Waals surface area contributed by atoms with Crippen LogP contribution in [0.15, 0.2) is 48.5 Å². The third kappa shape index (κ3) is 2.34. The van der Waals surface area contributed by atoms with Crippen molar-refractivity contribution < 1.29 is 14.0 Å². The molecule has 0 saturated carbocycles. The van der Waals surface area contributed by atoms with Gasteiger partial charge in [-0.3, -0.25) is 4.79 Å². The zero-order chi connectivity index (χ0) is 16.6. The standard InChI is InChI=1S/C17H14N2O4/c1-11-16(17(20)12-6-4-3-5-7-12)19(22)14-9-8-13(23-2)10-15(14)18(11)21/h3-10H,1-2H3. The molecule has 2 aromatic carbocycles. The summed E-state index contributed by atoms with van der Waals surface area (Å²) in [6, 6.07) is 12.9. The van der Waals surface area contributed by atoms with E-state index in [0.29, 0.717) is 20.5 Å². The van der Waals surface area contributed by atoms with Gasteiger partial charge in [-0.2, -0.15) is 0 Å². The average molecular weight is 310 g/mol. The van der Waals surface area contributed by atoms with Gasteiger partial charge in [0.1, 0.15) is 11.3 Å². The average Bonchev–Trinajstić information content (AvgIpc) is 2.60. The Bertz CT molecular complexity index is 962. The van der Waals surface area contributed by atoms with Crippen LogP contribution in [-0.2, 0) is 0 Å². The fourth-order valence-corrected chi connectivity index (χ4v) is 2.49. The summed E-state index contributed by atoms with van der Waals surface area (Å²) in [6.45, 7) is 1.45. The third-order valence-corrected chi connectivity index (χ3v) is 3.72. The van der Waals surface area contributed by atoms with E-state index in [0.717, 1.165) is 0 Å². The molecule has 0 spiro atoms. The highest BCUT2D eigenvalue weighted by Crippen LogP contribution is 2.21. The molecule has 0 bridgehead atoms. The number of ketones is 1. The minimum absolute atomic E-state index is 0.0506. The number of fused-ring (bicyclic) bond motifs is 1. The highest BCUT2D eigenvalue weighted by atomic mass is 16.5. The van der Waals surface area contributed by atoms with Crippen molar-refractivity contribution in [1.29, 1.82) is 0 Å². The summed E-state index contributed by atoms with van der Waals surface area (Å²) < 4.78 is 6.17. The van der Waals surface area contributed by atoms with Crippen molar-refractivity contribution in [3.8, 4) is 5.75 Å². The van der Waals surface area contributed by atoms with Gasteiger partial charge in [-0.1, -0.05) is 30.3 Å². The first-order valence-electron chi connectivity index (χ1n) is 6.97. The second-order valence-electron chi connectivity index (χ2n) is 5.07. The van der Waals surface area contributed by atoms with Crippen molar-refractivity contribution in [2.45, 2.75) is 6.92 Å². The van der Waals surface area contributed by atoms with E-state index in [4.69, 9.17) is 4.74 Å². The number of carbonyl (C=O) groups excluding carboxylic acids is 1. The molecule has 0 aliphatic rings. The molecule has 0 fully saturated rings. The smallest absolute Gasteiger partial charge is 0.329 e. The number of carbonyl (C=O) groups is 1. The predicted molar refractivity (Wildman–Crippen MR) is 85.2 cm³/mol. The van der Waals surface area contributed by atoms with Crippen LogP contribution in [0.5, 0.6) is 5.75 Å². The lowest BCUT2D eigenvalue weighted by Crippen LogP contribution is -2.30. The maximum atomic E-state index is 12.6. The van der Waals surface area contributed by atoms with Gasteiger partial charge >= 0.3 is 5.69 Å². The van der Waals surface area contributed by atoms with Crippen LogP contribution in [0.2, 0.25) is 0 Å². The first kappa shape index (κ1) is 14.8. The summed E-state index contributed by atoms with van der Waals surface area (Å²) in [5.74, 6) is -0.0240. The van der Waals surface area contributed by atoms with Crippen molar-refractivity contribution in [2.75, 3.05) is 7.11 Å². The van der Waals surface area contributed by atoms with Crippen LogP contribution >= 0.6 is 0 Å². The molecule has 0 aliphatic heterocycles. The number of methoxy groups -OCH3 is 1. The van der Waals surface area contributed by atoms with E-state index in [1.54, 1.807) is 36.4 Å². The molecule has 0 atom stereocenters. The SMILES string of the molecule is COc1ccc2c(c1)n([O-])c(C)c(C(=O)c1ccccc1)[n+]2=O. The van der Waals surface area contributed by atoms with Gasteiger partial charge in [0.15, 0.2) is 0 Å². The number of hydrogen-bond donors (Lipinski definition) is 0. The molecule has 0 amide bonds. The minimum atomic E-state index is -0.486. The van der Waals surface area contributed by atoms with Crippen LogP contribution in [0, 0.1) is 17.0 Å². The van der Waals surface area contributed by atoms with E-state index in [1.807, 2.05) is 0 Å². The van der Waals surface area contributed by atoms with Gasteiger partial charge in [0.2, 0.25) is 0 Å². The van der Waals surface area contributed by atoms with Gasteiger partial charge in [0, 0.05) is 22.6 Å². The molecule has 0 aliphatic carbocycles. The number of benzene rings is 2. The molecule has 0 radical (unpaired) electrons. The Balaban J connectivity index is 2.31. The maximum Gasteiger partial charge on any atom is 0.329 e. The quantitative estimate of drug-likeness (QED) is 0.550. The maximum absolute atomic E-state index is 12.6. The molecule has 116 valence electrons. The molecule has 3 aromatic rings. The molecule has 3 rings (SSSR count). The summed E-state index contributed by atoms with van der Waals surface area (Å²) in [7, 11) is 1.47. The molecule has 0 saturated heterocycles. The summed E-state index contributed by atoms with van der Waals surface area (Å²) in [4.78, 5) is 25.2. The van der Waals surface area contributed by atoms with E-state index >= 15 is 0 Å². The molecule has 6 heteroatoms. The summed E-state index contributed by atoms with van der Waals surface area (Å²) in [5.41, 5.74) is 0.499. The number of ether oxygens (including phenoxy) is 1. The first-order valence-corrected chi connectivity index (χ1v) is 6.97. The highest BCUT2D eigenvalue weighted by molar-refractivity contribution is 6.07. The van der Waals surface area contributed by atoms with Gasteiger partial charge in [-0.25, -0.2) is 0 Å². The largest absolute Gasteiger partial charge is 0.805 e. The normalized spacial score (nSPS) is 10.7. The Labute approximate surface area is 131 Å². The van der Waals surface area contributed by atoms with Gasteiger partial charge in [0.05, 0.1) is 17.2 Å². The summed E-state index contributed by atoms with van der Waals surface area (Å²) >= 11 is 0. The molecule has 1 heterocycles. The fraction of sp³-hybridized carbons (Fsp3) is 0.118. The highest BCUT2D eigenvalue weighted by Gasteiger charge is 2.28. The summed E-state index contributed by atoms with van der Waals surface area (Å²) in [6.07, 6.45) is 0. The summed E-state index contributed by atoms with van der Waals surface area (Å²) in [5, 5.41) is 12.5. The van der Waals surface area contributed by atoms with Gasteiger partial charge < -0.3 is 14.7 Å². The van der Waals surface area contributed by atoms with Crippen LogP contribution in [0.25, 0.3) is 11.0 Å². The van der Waals surface area contributed by atoms with E-state index in [1.165, 1.54) is 26.2 Å². The second-order valence-corrected chi connectivity index (χ2v) is 5.07. The lowest BCUT2D eigenvalue weighted by Gasteiger charge is -2.16. The van der Waals surface area contributed by atoms with Gasteiger partial charge in [-0.05, 0) is 13.0 Å². The molecule has 0 N–H and O–H groups in total. The number of rotatable bonds is 3. The van der Waals surface area contributed by atoms with Crippen LogP contribution in [0.3, 0.4) is 0 Å². The number of aromatic nitrogens is 2. The van der Waals surface area contributed by atoms with Crippen molar-refractivity contribution in [2.24, 2.45) is 0 Å². The molecule has 1 aromatic heterocycles. The van der Waals surface area contributed by atoms with E-state index < -0.39 is 5.78 Å². The topological polar surface area (TPSA) is 77.3 Å². The molecular weight excluding hydrogens is 296 g/mol. The van der Waals surface area contributed by atoms with Gasteiger partial charge in [0.25, 0.3) is 11.3 Å². The fourth-order valence-electron chi connectivity index (χ4n) is 2.49. The molecule has 0 unspecified atom stereocenters. The van der Waals surface area contributed by atoms with Gasteiger partial charge in [-0.15, -0.1) is 0 Å². The van der Waals surface area contributed by atoms with Crippen LogP contribution in [-0.4, -0.2) is 17.6 Å². The van der Waals surface area contributed by atoms with Crippen molar-refractivity contribution >= 4 is 16.8 Å². The Morgan fingerprint density at radius 2 is 1.87 bits per heavy atom. The van der Waals surface area contributed by atoms with Crippen LogP contribution in [0.1, 0.15) is 21.7 Å². The Kier molecular flexibility index (Phi) is 3.57. The van der Waals surface area contributed by atoms with E-state index in [2.05, 4.69) is 0 Å². The molecule has 23 heavy (non-hydrogen) atoms. The Hall–Kier alpha value is -3.15. The van der Waals surface area contributed by atoms with Crippen molar-refractivity contribution in [3.05, 3.63) is 75.6 Å². The zero-order valence-electron chi connectivity index (χ0n) is 12.6. The zero-order valence-corrected chi connectivity index (χ0v) is 12.6. The van der Waals surface area contributed by atoms with Crippen LogP contribution in [0.4, 0.5) is 0 Å². The molecule has 6 nitrogen and oxygen atoms in total. The molecular formula is C17H14N2O4. The predicted octanol–water partition coefficient (Wildman–Crippen LogP) is 2.45. The number of nitrogens with zero attached hydrogens (tertiary/aromatic N) is 2. The Morgan fingerprint density at radius 3 is 2.52 bits per heavy atom. The first-order chi connectivity index (χ1) is 11.0. The minimum Gasteiger partial charge on any atom is -0.805 e. The lowest BCUT2D eigenvalue weighted by molar-refractivity contribution is -0.468. The monoisotopic (exact) mass is 310 g/mol. The Morgan fingerprint density at radius 1 is 1.17 bits per heavy atom. The van der Waals surface area contributed by atoms with Crippen LogP contribution < -0.4 is 9.16 Å². The lowest BCUT2D eigenvalue weighted by atomic mass is 10.1. The van der Waals surface area contributed by atoms with E-state index in [-0.39, 0.29) is 22.4 Å². The van der Waals surface area contributed by atoms with Crippen molar-refractivity contribution in [3.63, 3.8) is 0 Å².